The summed E-state index contributed by atoms with van der Waals surface area (Å²) in [5.74, 6) is 1.40. The van der Waals surface area contributed by atoms with Crippen molar-refractivity contribution in [2.45, 2.75) is 60.4 Å². The molecule has 0 amide bonds. The molecule has 2 atom stereocenters. The molecule has 0 saturated heterocycles. The third-order valence-corrected chi connectivity index (χ3v) is 3.97. The molecule has 0 spiro atoms. The van der Waals surface area contributed by atoms with Crippen LogP contribution in [0.3, 0.4) is 0 Å². The SMILES string of the molecule is Cc1ccc(C)c(CC(C)C(C)CNC(C)(C)C)c1. The Kier molecular flexibility index (Phi) is 5.61. The number of benzene rings is 1. The fourth-order valence-corrected chi connectivity index (χ4v) is 2.24. The summed E-state index contributed by atoms with van der Waals surface area (Å²) in [6.07, 6.45) is 1.18. The van der Waals surface area contributed by atoms with Gasteiger partial charge in [-0.1, -0.05) is 37.6 Å². The molecule has 1 N–H and O–H groups in total. The van der Waals surface area contributed by atoms with E-state index in [2.05, 4.69) is 72.0 Å². The summed E-state index contributed by atoms with van der Waals surface area (Å²) >= 11 is 0. The van der Waals surface area contributed by atoms with Gasteiger partial charge >= 0.3 is 0 Å². The fourth-order valence-electron chi connectivity index (χ4n) is 2.24. The second kappa shape index (κ2) is 6.56. The van der Waals surface area contributed by atoms with Gasteiger partial charge in [-0.15, -0.1) is 0 Å². The molecule has 0 aromatic heterocycles. The topological polar surface area (TPSA) is 12.0 Å². The van der Waals surface area contributed by atoms with E-state index >= 15 is 0 Å². The molecule has 108 valence electrons. The predicted molar refractivity (Wildman–Crippen MR) is 85.7 cm³/mol. The maximum absolute atomic E-state index is 3.61. The van der Waals surface area contributed by atoms with Crippen LogP contribution in [0.25, 0.3) is 0 Å². The smallest absolute Gasteiger partial charge is 0.00966 e. The molecule has 0 bridgehead atoms. The third-order valence-electron chi connectivity index (χ3n) is 3.97. The van der Waals surface area contributed by atoms with Crippen LogP contribution in [-0.4, -0.2) is 12.1 Å². The van der Waals surface area contributed by atoms with Gasteiger partial charge in [-0.3, -0.25) is 0 Å². The minimum absolute atomic E-state index is 0.216. The Morgan fingerprint density at radius 1 is 1.05 bits per heavy atom. The van der Waals surface area contributed by atoms with Crippen molar-refractivity contribution in [2.75, 3.05) is 6.54 Å². The number of rotatable bonds is 5. The Balaban J connectivity index is 2.58. The molecule has 0 radical (unpaired) electrons. The zero-order valence-corrected chi connectivity index (χ0v) is 13.8. The van der Waals surface area contributed by atoms with Gasteiger partial charge in [-0.25, -0.2) is 0 Å². The van der Waals surface area contributed by atoms with Crippen molar-refractivity contribution in [1.29, 1.82) is 0 Å². The molecule has 0 aliphatic heterocycles. The van der Waals surface area contributed by atoms with Crippen LogP contribution in [0.15, 0.2) is 18.2 Å². The molecule has 2 unspecified atom stereocenters. The highest BCUT2D eigenvalue weighted by Crippen LogP contribution is 2.20. The quantitative estimate of drug-likeness (QED) is 0.822. The maximum atomic E-state index is 3.61. The molecule has 1 aromatic carbocycles. The van der Waals surface area contributed by atoms with Gasteiger partial charge in [0.15, 0.2) is 0 Å². The first-order valence-electron chi connectivity index (χ1n) is 7.50. The molecule has 0 fully saturated rings. The van der Waals surface area contributed by atoms with Crippen molar-refractivity contribution in [3.63, 3.8) is 0 Å². The second-order valence-electron chi connectivity index (χ2n) is 7.22. The van der Waals surface area contributed by atoms with Gasteiger partial charge in [0.2, 0.25) is 0 Å². The summed E-state index contributed by atoms with van der Waals surface area (Å²) in [7, 11) is 0. The molecule has 1 nitrogen and oxygen atoms in total. The van der Waals surface area contributed by atoms with Crippen LogP contribution in [0.4, 0.5) is 0 Å². The first kappa shape index (κ1) is 16.2. The largest absolute Gasteiger partial charge is 0.312 e. The summed E-state index contributed by atoms with van der Waals surface area (Å²) in [5.41, 5.74) is 4.52. The Bertz CT molecular complexity index is 401. The van der Waals surface area contributed by atoms with Gasteiger partial charge in [0.25, 0.3) is 0 Å². The molecule has 1 aromatic rings. The average Bonchev–Trinajstić information content (AvgIpc) is 2.29. The molecule has 1 rings (SSSR count). The zero-order chi connectivity index (χ0) is 14.6. The van der Waals surface area contributed by atoms with E-state index < -0.39 is 0 Å². The van der Waals surface area contributed by atoms with Crippen LogP contribution in [0.5, 0.6) is 0 Å². The summed E-state index contributed by atoms with van der Waals surface area (Å²) in [6, 6.07) is 6.79. The first-order valence-corrected chi connectivity index (χ1v) is 7.50. The average molecular weight is 261 g/mol. The highest BCUT2D eigenvalue weighted by molar-refractivity contribution is 5.30. The van der Waals surface area contributed by atoms with Crippen LogP contribution in [0, 0.1) is 25.7 Å². The fraction of sp³-hybridized carbons (Fsp3) is 0.667. The summed E-state index contributed by atoms with van der Waals surface area (Å²) in [4.78, 5) is 0. The van der Waals surface area contributed by atoms with E-state index in [-0.39, 0.29) is 5.54 Å². The van der Waals surface area contributed by atoms with Crippen molar-refractivity contribution >= 4 is 0 Å². The molecule has 0 saturated carbocycles. The third kappa shape index (κ3) is 5.78. The number of hydrogen-bond donors (Lipinski definition) is 1. The lowest BCUT2D eigenvalue weighted by atomic mass is 9.87. The minimum atomic E-state index is 0.216. The monoisotopic (exact) mass is 261 g/mol. The lowest BCUT2D eigenvalue weighted by molar-refractivity contribution is 0.317. The van der Waals surface area contributed by atoms with Gasteiger partial charge in [0.1, 0.15) is 0 Å². The summed E-state index contributed by atoms with van der Waals surface area (Å²) < 4.78 is 0. The van der Waals surface area contributed by atoms with Crippen molar-refractivity contribution in [2.24, 2.45) is 11.8 Å². The standard InChI is InChI=1S/C18H31N/c1-13-8-9-14(2)17(10-13)11-15(3)16(4)12-19-18(5,6)7/h8-10,15-16,19H,11-12H2,1-7H3. The van der Waals surface area contributed by atoms with Crippen molar-refractivity contribution in [3.05, 3.63) is 34.9 Å². The van der Waals surface area contributed by atoms with E-state index in [0.29, 0.717) is 11.8 Å². The van der Waals surface area contributed by atoms with E-state index in [1.807, 2.05) is 0 Å². The van der Waals surface area contributed by atoms with Crippen LogP contribution in [0.2, 0.25) is 0 Å². The molecular weight excluding hydrogens is 230 g/mol. The second-order valence-corrected chi connectivity index (χ2v) is 7.22. The van der Waals surface area contributed by atoms with Crippen LogP contribution in [0.1, 0.15) is 51.3 Å². The normalized spacial score (nSPS) is 15.3. The van der Waals surface area contributed by atoms with Crippen LogP contribution < -0.4 is 5.32 Å². The van der Waals surface area contributed by atoms with Crippen molar-refractivity contribution < 1.29 is 0 Å². The van der Waals surface area contributed by atoms with Gasteiger partial charge in [0.05, 0.1) is 0 Å². The van der Waals surface area contributed by atoms with Gasteiger partial charge in [-0.2, -0.15) is 0 Å². The molecule has 1 heteroatoms. The summed E-state index contributed by atoms with van der Waals surface area (Å²) in [5, 5.41) is 3.61. The Morgan fingerprint density at radius 2 is 1.68 bits per heavy atom. The predicted octanol–water partition coefficient (Wildman–Crippen LogP) is 4.51. The van der Waals surface area contributed by atoms with E-state index in [9.17, 15) is 0 Å². The molecular formula is C18H31N. The molecule has 19 heavy (non-hydrogen) atoms. The Labute approximate surface area is 119 Å². The maximum Gasteiger partial charge on any atom is 0.00966 e. The van der Waals surface area contributed by atoms with Gasteiger partial charge in [0, 0.05) is 5.54 Å². The number of aryl methyl sites for hydroxylation is 2. The summed E-state index contributed by atoms with van der Waals surface area (Å²) in [6.45, 7) is 16.9. The van der Waals surface area contributed by atoms with E-state index in [1.54, 1.807) is 0 Å². The number of hydrogen-bond acceptors (Lipinski definition) is 1. The van der Waals surface area contributed by atoms with Gasteiger partial charge < -0.3 is 5.32 Å². The Hall–Kier alpha value is -0.820. The van der Waals surface area contributed by atoms with Crippen molar-refractivity contribution in [1.82, 2.24) is 5.32 Å². The highest BCUT2D eigenvalue weighted by atomic mass is 14.9. The van der Waals surface area contributed by atoms with E-state index in [4.69, 9.17) is 0 Å². The number of nitrogens with one attached hydrogen (secondary N) is 1. The van der Waals surface area contributed by atoms with E-state index in [1.165, 1.54) is 23.1 Å². The molecule has 0 aliphatic carbocycles. The lowest BCUT2D eigenvalue weighted by Gasteiger charge is -2.27. The Morgan fingerprint density at radius 3 is 2.26 bits per heavy atom. The van der Waals surface area contributed by atoms with Crippen LogP contribution >= 0.6 is 0 Å². The first-order chi connectivity index (χ1) is 8.69. The lowest BCUT2D eigenvalue weighted by Crippen LogP contribution is -2.40. The highest BCUT2D eigenvalue weighted by Gasteiger charge is 2.17. The van der Waals surface area contributed by atoms with Crippen LogP contribution in [-0.2, 0) is 6.42 Å². The van der Waals surface area contributed by atoms with E-state index in [0.717, 1.165) is 6.54 Å². The minimum Gasteiger partial charge on any atom is -0.312 e. The van der Waals surface area contributed by atoms with Gasteiger partial charge in [-0.05, 0) is 70.5 Å². The molecule has 0 heterocycles. The zero-order valence-electron chi connectivity index (χ0n) is 13.8. The molecule has 0 aliphatic rings. The van der Waals surface area contributed by atoms with Crippen molar-refractivity contribution in [3.8, 4) is 0 Å².